The number of carbonyl (C=O) groups is 1. The number of carbonyl (C=O) groups excluding carboxylic acids is 1. The summed E-state index contributed by atoms with van der Waals surface area (Å²) >= 11 is 0. The minimum atomic E-state index is -0.524. The molecule has 104 valence electrons. The van der Waals surface area contributed by atoms with Crippen molar-refractivity contribution in [1.82, 2.24) is 15.0 Å². The van der Waals surface area contributed by atoms with Crippen LogP contribution >= 0.6 is 0 Å². The number of nitrogens with zero attached hydrogens (tertiary/aromatic N) is 3. The molecule has 0 spiro atoms. The Hall–Kier alpha value is -2.63. The lowest BCUT2D eigenvalue weighted by Gasteiger charge is -2.04. The van der Waals surface area contributed by atoms with E-state index in [0.717, 1.165) is 5.56 Å². The molecule has 6 nitrogen and oxygen atoms in total. The molecule has 0 aliphatic rings. The number of phenolic OH excluding ortho intramolecular Hbond substituents is 1. The summed E-state index contributed by atoms with van der Waals surface area (Å²) < 4.78 is 6.51. The maximum Gasteiger partial charge on any atom is 0.361 e. The van der Waals surface area contributed by atoms with Crippen LogP contribution in [0.25, 0.3) is 0 Å². The first-order chi connectivity index (χ1) is 9.61. The van der Waals surface area contributed by atoms with Gasteiger partial charge in [0.05, 0.1) is 12.2 Å². The number of benzene rings is 1. The second kappa shape index (κ2) is 6.01. The molecule has 1 N–H and O–H groups in total. The van der Waals surface area contributed by atoms with Gasteiger partial charge in [-0.15, -0.1) is 5.10 Å². The van der Waals surface area contributed by atoms with Crippen molar-refractivity contribution < 1.29 is 14.6 Å². The molecule has 20 heavy (non-hydrogen) atoms. The summed E-state index contributed by atoms with van der Waals surface area (Å²) in [6.07, 6.45) is 1.49. The van der Waals surface area contributed by atoms with E-state index < -0.39 is 5.97 Å². The smallest absolute Gasteiger partial charge is 0.361 e. The van der Waals surface area contributed by atoms with Gasteiger partial charge in [-0.2, -0.15) is 0 Å². The van der Waals surface area contributed by atoms with E-state index in [2.05, 4.69) is 16.9 Å². The fourth-order valence-electron chi connectivity index (χ4n) is 1.73. The van der Waals surface area contributed by atoms with Crippen molar-refractivity contribution in [2.75, 3.05) is 6.61 Å². The molecule has 0 bridgehead atoms. The van der Waals surface area contributed by atoms with Gasteiger partial charge in [-0.25, -0.2) is 9.48 Å². The van der Waals surface area contributed by atoms with Crippen LogP contribution in [0.2, 0.25) is 0 Å². The molecule has 0 saturated heterocycles. The third kappa shape index (κ3) is 3.03. The highest BCUT2D eigenvalue weighted by Crippen LogP contribution is 2.13. The average Bonchev–Trinajstić information content (AvgIpc) is 2.78. The van der Waals surface area contributed by atoms with E-state index in [4.69, 9.17) is 4.74 Å². The molecular formula is C14H15N3O3. The van der Waals surface area contributed by atoms with Crippen LogP contribution in [-0.4, -0.2) is 32.7 Å². The summed E-state index contributed by atoms with van der Waals surface area (Å²) in [5, 5.41) is 17.2. The summed E-state index contributed by atoms with van der Waals surface area (Å²) in [5.74, 6) is -0.338. The number of esters is 1. The molecule has 2 aromatic rings. The monoisotopic (exact) mass is 273 g/mol. The van der Waals surface area contributed by atoms with Gasteiger partial charge in [0.2, 0.25) is 0 Å². The first kappa shape index (κ1) is 13.8. The van der Waals surface area contributed by atoms with E-state index in [-0.39, 0.29) is 18.1 Å². The van der Waals surface area contributed by atoms with Gasteiger partial charge in [0.25, 0.3) is 0 Å². The maximum absolute atomic E-state index is 11.7. The fraction of sp³-hybridized carbons (Fsp3) is 0.214. The van der Waals surface area contributed by atoms with Crippen LogP contribution in [0.3, 0.4) is 0 Å². The zero-order valence-corrected chi connectivity index (χ0v) is 11.1. The Morgan fingerprint density at radius 3 is 3.05 bits per heavy atom. The molecule has 6 heteroatoms. The van der Waals surface area contributed by atoms with Crippen LogP contribution < -0.4 is 0 Å². The van der Waals surface area contributed by atoms with Crippen molar-refractivity contribution in [1.29, 1.82) is 0 Å². The predicted molar refractivity (Wildman–Crippen MR) is 72.4 cm³/mol. The van der Waals surface area contributed by atoms with Crippen molar-refractivity contribution in [2.45, 2.75) is 13.5 Å². The number of ether oxygens (including phenoxy) is 1. The zero-order valence-electron chi connectivity index (χ0n) is 11.1. The molecule has 0 amide bonds. The minimum absolute atomic E-state index is 0.137. The highest BCUT2D eigenvalue weighted by Gasteiger charge is 2.17. The zero-order chi connectivity index (χ0) is 14.5. The maximum atomic E-state index is 11.7. The molecule has 1 aromatic heterocycles. The quantitative estimate of drug-likeness (QED) is 0.662. The summed E-state index contributed by atoms with van der Waals surface area (Å²) in [4.78, 5) is 11.7. The van der Waals surface area contributed by atoms with E-state index in [1.54, 1.807) is 29.8 Å². The molecular weight excluding hydrogens is 258 g/mol. The van der Waals surface area contributed by atoms with E-state index in [1.807, 2.05) is 6.07 Å². The Labute approximate surface area is 116 Å². The van der Waals surface area contributed by atoms with Gasteiger partial charge in [-0.05, 0) is 24.6 Å². The van der Waals surface area contributed by atoms with Crippen LogP contribution in [0, 0.1) is 6.92 Å². The number of aromatic hydroxyl groups is 1. The number of hydrogen-bond donors (Lipinski definition) is 1. The Morgan fingerprint density at radius 1 is 1.55 bits per heavy atom. The van der Waals surface area contributed by atoms with Crippen LogP contribution in [0.1, 0.15) is 21.7 Å². The first-order valence-electron chi connectivity index (χ1n) is 6.08. The molecule has 0 unspecified atom stereocenters. The van der Waals surface area contributed by atoms with Gasteiger partial charge >= 0.3 is 5.97 Å². The summed E-state index contributed by atoms with van der Waals surface area (Å²) in [7, 11) is 0. The van der Waals surface area contributed by atoms with E-state index in [1.165, 1.54) is 6.08 Å². The number of hydrogen-bond acceptors (Lipinski definition) is 5. The number of aromatic nitrogens is 3. The van der Waals surface area contributed by atoms with Crippen molar-refractivity contribution in [2.24, 2.45) is 0 Å². The molecule has 1 heterocycles. The summed E-state index contributed by atoms with van der Waals surface area (Å²) in [5.41, 5.74) is 1.67. The van der Waals surface area contributed by atoms with Crippen molar-refractivity contribution in [3.63, 3.8) is 0 Å². The van der Waals surface area contributed by atoms with Crippen molar-refractivity contribution >= 4 is 5.97 Å². The Balaban J connectivity index is 2.16. The lowest BCUT2D eigenvalue weighted by Crippen LogP contribution is -2.09. The lowest BCUT2D eigenvalue weighted by atomic mass is 10.2. The van der Waals surface area contributed by atoms with Gasteiger partial charge in [0, 0.05) is 0 Å². The number of phenols is 1. The molecule has 0 radical (unpaired) electrons. The van der Waals surface area contributed by atoms with Crippen LogP contribution in [0.15, 0.2) is 36.9 Å². The molecule has 1 aromatic carbocycles. The van der Waals surface area contributed by atoms with Crippen LogP contribution in [-0.2, 0) is 11.3 Å². The van der Waals surface area contributed by atoms with Crippen molar-refractivity contribution in [3.8, 4) is 5.75 Å². The van der Waals surface area contributed by atoms with Crippen molar-refractivity contribution in [3.05, 3.63) is 53.9 Å². The Bertz CT molecular complexity index is 634. The lowest BCUT2D eigenvalue weighted by molar-refractivity contribution is 0.0542. The highest BCUT2D eigenvalue weighted by atomic mass is 16.5. The summed E-state index contributed by atoms with van der Waals surface area (Å²) in [6, 6.07) is 6.83. The third-order valence-corrected chi connectivity index (χ3v) is 2.75. The van der Waals surface area contributed by atoms with Gasteiger partial charge in [0.1, 0.15) is 12.4 Å². The normalized spacial score (nSPS) is 10.2. The molecule has 0 atom stereocenters. The molecule has 0 aliphatic heterocycles. The highest BCUT2D eigenvalue weighted by molar-refractivity contribution is 5.88. The molecule has 0 aliphatic carbocycles. The van der Waals surface area contributed by atoms with E-state index >= 15 is 0 Å². The first-order valence-corrected chi connectivity index (χ1v) is 6.08. The Kier molecular flexibility index (Phi) is 4.14. The van der Waals surface area contributed by atoms with Gasteiger partial charge in [-0.3, -0.25) is 0 Å². The van der Waals surface area contributed by atoms with Crippen LogP contribution in [0.4, 0.5) is 0 Å². The van der Waals surface area contributed by atoms with E-state index in [0.29, 0.717) is 12.2 Å². The van der Waals surface area contributed by atoms with Gasteiger partial charge in [0.15, 0.2) is 5.69 Å². The molecule has 2 rings (SSSR count). The minimum Gasteiger partial charge on any atom is -0.508 e. The average molecular weight is 273 g/mol. The molecule has 0 saturated carbocycles. The largest absolute Gasteiger partial charge is 0.508 e. The van der Waals surface area contributed by atoms with Gasteiger partial charge in [-0.1, -0.05) is 30.0 Å². The topological polar surface area (TPSA) is 77.2 Å². The third-order valence-electron chi connectivity index (χ3n) is 2.75. The standard InChI is InChI=1S/C14H15N3O3/c1-3-7-20-14(19)13-10(2)17(16-15-13)9-11-5-4-6-12(18)8-11/h3-6,8,18H,1,7,9H2,2H3. The number of rotatable bonds is 5. The predicted octanol–water partition coefficient (Wildman–Crippen LogP) is 1.68. The summed E-state index contributed by atoms with van der Waals surface area (Å²) in [6.45, 7) is 5.77. The Morgan fingerprint density at radius 2 is 2.35 bits per heavy atom. The van der Waals surface area contributed by atoms with Gasteiger partial charge < -0.3 is 9.84 Å². The van der Waals surface area contributed by atoms with Crippen LogP contribution in [0.5, 0.6) is 5.75 Å². The molecule has 0 fully saturated rings. The van der Waals surface area contributed by atoms with E-state index in [9.17, 15) is 9.90 Å². The second-order valence-corrected chi connectivity index (χ2v) is 4.24. The second-order valence-electron chi connectivity index (χ2n) is 4.24. The fourth-order valence-corrected chi connectivity index (χ4v) is 1.73. The SMILES string of the molecule is C=CCOC(=O)c1nnn(Cc2cccc(O)c2)c1C.